The minimum absolute atomic E-state index is 0.378. The van der Waals surface area contributed by atoms with Gasteiger partial charge in [-0.3, -0.25) is 0 Å². The molecule has 2 atom stereocenters. The van der Waals surface area contributed by atoms with Gasteiger partial charge >= 0.3 is 0 Å². The Balaban J connectivity index is 1.55. The van der Waals surface area contributed by atoms with E-state index in [2.05, 4.69) is 42.2 Å². The van der Waals surface area contributed by atoms with Crippen molar-refractivity contribution in [2.75, 3.05) is 18.1 Å². The minimum Gasteiger partial charge on any atom is -0.389 e. The lowest BCUT2D eigenvalue weighted by molar-refractivity contribution is 0.0321. The zero-order chi connectivity index (χ0) is 15.4. The number of fused-ring (bicyclic) bond motifs is 1. The lowest BCUT2D eigenvalue weighted by Crippen LogP contribution is -2.43. The topological polar surface area (TPSA) is 32.7 Å². The molecule has 2 heterocycles. The maximum atomic E-state index is 10.3. The summed E-state index contributed by atoms with van der Waals surface area (Å²) in [7, 11) is 0. The van der Waals surface area contributed by atoms with Crippen LogP contribution in [0.3, 0.4) is 0 Å². The summed E-state index contributed by atoms with van der Waals surface area (Å²) in [6.45, 7) is 3.82. The zero-order valence-corrected chi connectivity index (χ0v) is 13.8. The molecule has 22 heavy (non-hydrogen) atoms. The molecule has 0 bridgehead atoms. The van der Waals surface area contributed by atoms with E-state index in [1.165, 1.54) is 16.1 Å². The molecular formula is C18H23NO2S. The van der Waals surface area contributed by atoms with Gasteiger partial charge in [-0.15, -0.1) is 11.3 Å². The molecule has 0 spiro atoms. The van der Waals surface area contributed by atoms with Crippen molar-refractivity contribution in [2.45, 2.75) is 38.5 Å². The summed E-state index contributed by atoms with van der Waals surface area (Å²) in [6.07, 6.45) is 1.80. The Hall–Kier alpha value is -1.36. The van der Waals surface area contributed by atoms with Crippen LogP contribution in [0, 0.1) is 0 Å². The number of ether oxygens (including phenoxy) is 1. The molecule has 0 saturated heterocycles. The highest BCUT2D eigenvalue weighted by Gasteiger charge is 2.24. The predicted octanol–water partition coefficient (Wildman–Crippen LogP) is 3.47. The third kappa shape index (κ3) is 3.69. The summed E-state index contributed by atoms with van der Waals surface area (Å²) >= 11 is 1.68. The van der Waals surface area contributed by atoms with E-state index in [9.17, 15) is 5.11 Å². The van der Waals surface area contributed by atoms with Gasteiger partial charge in [0.25, 0.3) is 0 Å². The molecule has 1 aliphatic heterocycles. The Morgan fingerprint density at radius 3 is 3.00 bits per heavy atom. The third-order valence-corrected chi connectivity index (χ3v) is 5.06. The number of anilines is 1. The summed E-state index contributed by atoms with van der Waals surface area (Å²) < 4.78 is 5.64. The van der Waals surface area contributed by atoms with E-state index < -0.39 is 6.10 Å². The number of aliphatic hydroxyl groups excluding tert-OH is 1. The van der Waals surface area contributed by atoms with Crippen molar-refractivity contribution in [3.8, 4) is 0 Å². The Bertz CT molecular complexity index is 585. The van der Waals surface area contributed by atoms with Crippen LogP contribution in [0.2, 0.25) is 0 Å². The molecular weight excluding hydrogens is 294 g/mol. The van der Waals surface area contributed by atoms with Gasteiger partial charge in [0.05, 0.1) is 19.3 Å². The molecule has 118 valence electrons. The Morgan fingerprint density at radius 2 is 2.18 bits per heavy atom. The van der Waals surface area contributed by atoms with E-state index in [0.29, 0.717) is 25.8 Å². The van der Waals surface area contributed by atoms with Crippen LogP contribution in [0.15, 0.2) is 41.8 Å². The molecule has 4 heteroatoms. The summed E-state index contributed by atoms with van der Waals surface area (Å²) in [5, 5.41) is 12.4. The van der Waals surface area contributed by atoms with E-state index in [1.54, 1.807) is 11.3 Å². The molecule has 1 N–H and O–H groups in total. The highest BCUT2D eigenvalue weighted by molar-refractivity contribution is 7.09. The molecule has 2 unspecified atom stereocenters. The van der Waals surface area contributed by atoms with E-state index in [0.717, 1.165) is 12.8 Å². The summed E-state index contributed by atoms with van der Waals surface area (Å²) in [6, 6.07) is 13.0. The largest absolute Gasteiger partial charge is 0.389 e. The number of rotatable bonds is 6. The van der Waals surface area contributed by atoms with Crippen molar-refractivity contribution >= 4 is 17.0 Å². The van der Waals surface area contributed by atoms with Crippen molar-refractivity contribution in [2.24, 2.45) is 0 Å². The van der Waals surface area contributed by atoms with Gasteiger partial charge in [0.1, 0.15) is 0 Å². The van der Waals surface area contributed by atoms with Crippen LogP contribution in [-0.4, -0.2) is 30.4 Å². The second-order valence-electron chi connectivity index (χ2n) is 5.92. The molecule has 3 rings (SSSR count). The molecule has 1 aromatic carbocycles. The maximum Gasteiger partial charge on any atom is 0.0948 e. The number of aryl methyl sites for hydroxylation is 1. The number of para-hydroxylation sites is 1. The second kappa shape index (κ2) is 7.27. The number of hydrogen-bond acceptors (Lipinski definition) is 4. The predicted molar refractivity (Wildman–Crippen MR) is 91.6 cm³/mol. The van der Waals surface area contributed by atoms with Gasteiger partial charge in [-0.05, 0) is 42.8 Å². The molecule has 2 aromatic rings. The molecule has 0 aliphatic carbocycles. The van der Waals surface area contributed by atoms with Crippen LogP contribution in [0.5, 0.6) is 0 Å². The lowest BCUT2D eigenvalue weighted by Gasteiger charge is -2.38. The average Bonchev–Trinajstić information content (AvgIpc) is 3.03. The van der Waals surface area contributed by atoms with Crippen LogP contribution in [0.1, 0.15) is 23.8 Å². The molecule has 0 radical (unpaired) electrons. The maximum absolute atomic E-state index is 10.3. The van der Waals surface area contributed by atoms with Crippen molar-refractivity contribution in [1.29, 1.82) is 0 Å². The highest BCUT2D eigenvalue weighted by Crippen LogP contribution is 2.30. The fourth-order valence-corrected chi connectivity index (χ4v) is 3.65. The van der Waals surface area contributed by atoms with E-state index >= 15 is 0 Å². The first-order chi connectivity index (χ1) is 10.7. The van der Waals surface area contributed by atoms with Gasteiger partial charge in [0.2, 0.25) is 0 Å². The molecule has 3 nitrogen and oxygen atoms in total. The quantitative estimate of drug-likeness (QED) is 0.885. The van der Waals surface area contributed by atoms with E-state index in [-0.39, 0.29) is 0 Å². The van der Waals surface area contributed by atoms with E-state index in [1.807, 2.05) is 11.4 Å². The fourth-order valence-electron chi connectivity index (χ4n) is 3.01. The Labute approximate surface area is 136 Å². The summed E-state index contributed by atoms with van der Waals surface area (Å²) in [5.74, 6) is 0. The third-order valence-electron chi connectivity index (χ3n) is 4.21. The van der Waals surface area contributed by atoms with Crippen LogP contribution >= 0.6 is 11.3 Å². The molecule has 1 aromatic heterocycles. The van der Waals surface area contributed by atoms with Gasteiger partial charge in [-0.25, -0.2) is 0 Å². The van der Waals surface area contributed by atoms with E-state index in [4.69, 9.17) is 4.74 Å². The van der Waals surface area contributed by atoms with Gasteiger partial charge in [-0.1, -0.05) is 24.3 Å². The summed E-state index contributed by atoms with van der Waals surface area (Å²) in [5.41, 5.74) is 2.64. The van der Waals surface area contributed by atoms with Gasteiger partial charge in [-0.2, -0.15) is 0 Å². The number of benzene rings is 1. The SMILES string of the molecule is CC1CCc2ccccc2N1CC(O)COCc1cccs1. The first-order valence-corrected chi connectivity index (χ1v) is 8.74. The average molecular weight is 317 g/mol. The Kier molecular flexibility index (Phi) is 5.13. The standard InChI is InChI=1S/C18H23NO2S/c1-14-8-9-15-5-2-3-7-18(15)19(14)11-16(20)12-21-13-17-6-4-10-22-17/h2-7,10,14,16,20H,8-9,11-13H2,1H3. The first kappa shape index (κ1) is 15.5. The number of hydrogen-bond donors (Lipinski definition) is 1. The normalized spacial score (nSPS) is 19.0. The van der Waals surface area contributed by atoms with Crippen molar-refractivity contribution in [3.05, 3.63) is 52.2 Å². The molecule has 1 aliphatic rings. The number of aliphatic hydroxyl groups is 1. The second-order valence-corrected chi connectivity index (χ2v) is 6.95. The number of thiophene rings is 1. The van der Waals surface area contributed by atoms with Crippen molar-refractivity contribution in [3.63, 3.8) is 0 Å². The first-order valence-electron chi connectivity index (χ1n) is 7.87. The molecule has 0 saturated carbocycles. The molecule has 0 fully saturated rings. The molecule has 0 amide bonds. The van der Waals surface area contributed by atoms with Crippen molar-refractivity contribution < 1.29 is 9.84 Å². The number of nitrogens with zero attached hydrogens (tertiary/aromatic N) is 1. The van der Waals surface area contributed by atoms with Crippen LogP contribution < -0.4 is 4.90 Å². The highest BCUT2D eigenvalue weighted by atomic mass is 32.1. The lowest BCUT2D eigenvalue weighted by atomic mass is 9.96. The smallest absolute Gasteiger partial charge is 0.0948 e. The summed E-state index contributed by atoms with van der Waals surface area (Å²) in [4.78, 5) is 3.52. The van der Waals surface area contributed by atoms with Gasteiger partial charge < -0.3 is 14.7 Å². The number of β-amino-alcohol motifs (C(OH)–C–C–N with tert-alkyl or cyclic N) is 1. The van der Waals surface area contributed by atoms with Crippen LogP contribution in [0.4, 0.5) is 5.69 Å². The van der Waals surface area contributed by atoms with Crippen molar-refractivity contribution in [1.82, 2.24) is 0 Å². The minimum atomic E-state index is -0.464. The monoisotopic (exact) mass is 317 g/mol. The van der Waals surface area contributed by atoms with Gasteiger partial charge in [0.15, 0.2) is 0 Å². The van der Waals surface area contributed by atoms with Gasteiger partial charge in [0, 0.05) is 23.2 Å². The van der Waals surface area contributed by atoms with Crippen LogP contribution in [-0.2, 0) is 17.8 Å². The fraction of sp³-hybridized carbons (Fsp3) is 0.444. The Morgan fingerprint density at radius 1 is 1.32 bits per heavy atom. The zero-order valence-electron chi connectivity index (χ0n) is 12.9. The van der Waals surface area contributed by atoms with Crippen LogP contribution in [0.25, 0.3) is 0 Å².